The van der Waals surface area contributed by atoms with Gasteiger partial charge in [0.2, 0.25) is 40.8 Å². The van der Waals surface area contributed by atoms with Gasteiger partial charge in [0.05, 0.1) is 156 Å². The number of unbranched alkanes of at least 4 members (excludes halogenated alkanes) is 2. The van der Waals surface area contributed by atoms with Crippen LogP contribution in [0, 0.1) is 46.5 Å². The van der Waals surface area contributed by atoms with Crippen LogP contribution in [0.3, 0.4) is 0 Å². The minimum absolute atomic E-state index is 0.0150. The van der Waals surface area contributed by atoms with Gasteiger partial charge in [0.25, 0.3) is 0 Å². The average molecular weight is 1720 g/mol. The number of nitrogens with two attached hydrogens (primary N) is 2. The van der Waals surface area contributed by atoms with Crippen molar-refractivity contribution in [3.05, 3.63) is 107 Å². The third-order valence-corrected chi connectivity index (χ3v) is 19.6. The lowest BCUT2D eigenvalue weighted by atomic mass is 10.1. The molecule has 8 N–H and O–H groups in total. The van der Waals surface area contributed by atoms with Gasteiger partial charge in [0, 0.05) is 153 Å². The van der Waals surface area contributed by atoms with Gasteiger partial charge in [-0.2, -0.15) is 17.6 Å². The fourth-order valence-corrected chi connectivity index (χ4v) is 12.8. The van der Waals surface area contributed by atoms with Crippen LogP contribution in [-0.2, 0) is 79.4 Å². The Balaban J connectivity index is 0.000000270. The number of amides is 2. The molecule has 2 saturated heterocycles. The molecule has 0 aliphatic carbocycles. The first-order chi connectivity index (χ1) is 58.5. The number of piperazine rings is 2. The molecule has 0 radical (unpaired) electrons. The summed E-state index contributed by atoms with van der Waals surface area (Å²) in [6.07, 6.45) is 5.83. The number of carboxylic acid groups (broad SMARTS) is 1. The third kappa shape index (κ3) is 31.1. The fraction of sp³-hybridized carbons (Fsp3) is 0.561. The number of carbonyl (C=O) groups excluding carboxylic acids is 3. The number of phenols is 1. The Morgan fingerprint density at radius 1 is 0.446 bits per heavy atom. The zero-order chi connectivity index (χ0) is 87.0. The van der Waals surface area contributed by atoms with E-state index in [1.54, 1.807) is 24.0 Å². The second kappa shape index (κ2) is 52.1. The Kier molecular flexibility index (Phi) is 41.7. The number of phenolic OH excluding ortho intramolecular Hbond substituents is 1. The van der Waals surface area contributed by atoms with Gasteiger partial charge < -0.3 is 103 Å². The first-order valence-corrected chi connectivity index (χ1v) is 40.6. The van der Waals surface area contributed by atoms with Crippen LogP contribution < -0.4 is 26.0 Å². The van der Waals surface area contributed by atoms with E-state index < -0.39 is 76.4 Å². The van der Waals surface area contributed by atoms with Crippen molar-refractivity contribution < 1.29 is 117 Å². The SMILES string of the molecule is CCCCc1nc2c([nH]1)c(N)nc1ccc(N3CCN(CCOCCN(CCOCCC(=O)O)C(=O)CCOCCOCCOC)CC3)cc12.CCCCc1nc2c([nH]1)c(N)nc1ccc(N3CCN(CCOCCN(CCOCCC(=O)Oc4c(F)c(F)cc(F)c4F)C(=O)CCOCCOCCOC)CC3)cc12.Oc1c(F)c(F)cc(F)c1F. The monoisotopic (exact) mass is 1720 g/mol. The lowest BCUT2D eigenvalue weighted by molar-refractivity contribution is -0.139. The lowest BCUT2D eigenvalue weighted by Crippen LogP contribution is -2.47. The maximum Gasteiger partial charge on any atom is 0.313 e. The molecular weight excluding hydrogens is 1600 g/mol. The quantitative estimate of drug-likeness (QED) is 0.00680. The number of aromatic nitrogens is 6. The van der Waals surface area contributed by atoms with Crippen molar-refractivity contribution in [3.8, 4) is 11.5 Å². The second-order valence-corrected chi connectivity index (χ2v) is 28.2. The minimum atomic E-state index is -1.82. The van der Waals surface area contributed by atoms with E-state index in [0.717, 1.165) is 164 Å². The number of aliphatic carboxylic acids is 1. The van der Waals surface area contributed by atoms with E-state index in [2.05, 4.69) is 82.4 Å². The minimum Gasteiger partial charge on any atom is -0.503 e. The fourth-order valence-electron chi connectivity index (χ4n) is 12.8. The number of aromatic hydroxyl groups is 1. The summed E-state index contributed by atoms with van der Waals surface area (Å²) in [5.41, 5.74) is 19.8. The van der Waals surface area contributed by atoms with E-state index in [4.69, 9.17) is 79.0 Å². The van der Waals surface area contributed by atoms with Gasteiger partial charge in [0.1, 0.15) is 45.4 Å². The Hall–Kier alpha value is -9.52. The molecule has 39 heteroatoms. The molecule has 0 spiro atoms. The van der Waals surface area contributed by atoms with Gasteiger partial charge in [-0.25, -0.2) is 37.5 Å². The number of fused-ring (bicyclic) bond motifs is 6. The Morgan fingerprint density at radius 3 is 1.19 bits per heavy atom. The molecule has 8 aromatic rings. The number of ether oxygens (including phenoxy) is 11. The highest BCUT2D eigenvalue weighted by Gasteiger charge is 2.27. The lowest BCUT2D eigenvalue weighted by Gasteiger charge is -2.36. The maximum absolute atomic E-state index is 13.9. The number of nitrogens with one attached hydrogen (secondary N) is 2. The number of pyridine rings is 2. The summed E-state index contributed by atoms with van der Waals surface area (Å²) in [7, 11) is 3.20. The zero-order valence-corrected chi connectivity index (χ0v) is 69.0. The third-order valence-electron chi connectivity index (χ3n) is 19.6. The van der Waals surface area contributed by atoms with Gasteiger partial charge in [0.15, 0.2) is 29.0 Å². The van der Waals surface area contributed by atoms with Crippen molar-refractivity contribution in [2.45, 2.75) is 78.1 Å². The number of methoxy groups -OCH3 is 2. The second-order valence-electron chi connectivity index (χ2n) is 28.2. The summed E-state index contributed by atoms with van der Waals surface area (Å²) in [4.78, 5) is 87.4. The van der Waals surface area contributed by atoms with Crippen LogP contribution in [0.5, 0.6) is 11.5 Å². The number of aromatic amines is 2. The number of halogens is 8. The first-order valence-electron chi connectivity index (χ1n) is 40.6. The normalized spacial score (nSPS) is 13.3. The molecule has 2 amide bonds. The molecule has 0 atom stereocenters. The maximum atomic E-state index is 13.9. The van der Waals surface area contributed by atoms with E-state index in [9.17, 15) is 54.3 Å². The molecule has 4 aromatic heterocycles. The van der Waals surface area contributed by atoms with Crippen molar-refractivity contribution in [3.63, 3.8) is 0 Å². The van der Waals surface area contributed by atoms with E-state index in [0.29, 0.717) is 104 Å². The van der Waals surface area contributed by atoms with E-state index >= 15 is 0 Å². The Labute approximate surface area is 696 Å². The summed E-state index contributed by atoms with van der Waals surface area (Å²) in [5, 5.41) is 19.1. The number of rotatable bonds is 51. The molecule has 0 saturated carbocycles. The number of benzene rings is 4. The van der Waals surface area contributed by atoms with Gasteiger partial charge in [-0.05, 0) is 49.2 Å². The van der Waals surface area contributed by atoms with Crippen molar-refractivity contribution in [1.82, 2.24) is 49.5 Å². The molecule has 4 aromatic carbocycles. The average Bonchev–Trinajstić information content (AvgIpc) is 1.72. The van der Waals surface area contributed by atoms with Gasteiger partial charge >= 0.3 is 11.9 Å². The number of aryl methyl sites for hydroxylation is 2. The van der Waals surface area contributed by atoms with E-state index in [-0.39, 0.29) is 103 Å². The van der Waals surface area contributed by atoms with Crippen molar-refractivity contribution in [2.24, 2.45) is 0 Å². The van der Waals surface area contributed by atoms with Gasteiger partial charge in [-0.1, -0.05) is 26.7 Å². The number of esters is 1. The molecule has 0 unspecified atom stereocenters. The number of imidazole rings is 2. The molecule has 668 valence electrons. The summed E-state index contributed by atoms with van der Waals surface area (Å²) in [6.45, 7) is 19.7. The van der Waals surface area contributed by atoms with Crippen LogP contribution in [0.25, 0.3) is 43.9 Å². The molecule has 121 heavy (non-hydrogen) atoms. The van der Waals surface area contributed by atoms with E-state index in [1.807, 2.05) is 12.1 Å². The number of H-pyrrole nitrogens is 2. The highest BCUT2D eigenvalue weighted by molar-refractivity contribution is 6.08. The Bertz CT molecular complexity index is 4490. The molecule has 2 aliphatic rings. The predicted octanol–water partition coefficient (Wildman–Crippen LogP) is 9.15. The highest BCUT2D eigenvalue weighted by atomic mass is 19.2. The molecule has 31 nitrogen and oxygen atoms in total. The summed E-state index contributed by atoms with van der Waals surface area (Å²) < 4.78 is 162. The standard InChI is InChI=1S/C41H55F4N7O8.C35H55N7O8.C6H2F4O/c1-3-4-5-33-48-38-29-26-28(6-7-32(29)47-41(46)39(38)49-33)51-12-10-50(11-13-51)14-19-58-21-16-52(34(53)8-17-57-24-25-59-23-22-55-2)15-20-56-18-9-35(54)60-40-36(44)30(42)27-31(43)37(40)45;1-3-4-5-30-38-33-28-26-27(6-7-29(28)37-35(36)34(33)39-30)41-12-10-40(11-13-41)14-19-49-21-16-42(15-20-47-18-9-32(44)45)31(43)8-17-48-24-25-50-23-22-46-2;7-2-1-3(8)5(10)6(11)4(2)9/h6-7,26-27H,3-5,8-25H2,1-2H3,(H2,46,47)(H,48,49);6-7,26H,3-5,8-25H2,1-2H3,(H2,36,37)(H,38,39)(H,44,45);1,11H. The summed E-state index contributed by atoms with van der Waals surface area (Å²) in [5.74, 6) is -16.5. The number of carbonyl (C=O) groups is 4. The van der Waals surface area contributed by atoms with Crippen molar-refractivity contribution in [2.75, 3.05) is 246 Å². The molecular formula is C82H112F8N14O17. The number of carboxylic acids is 1. The van der Waals surface area contributed by atoms with Crippen LogP contribution in [0.2, 0.25) is 0 Å². The number of anilines is 4. The van der Waals surface area contributed by atoms with Crippen molar-refractivity contribution >= 4 is 90.6 Å². The summed E-state index contributed by atoms with van der Waals surface area (Å²) in [6, 6.07) is 12.6. The first kappa shape index (κ1) is 96.9. The number of hydrogen-bond donors (Lipinski definition) is 6. The van der Waals surface area contributed by atoms with E-state index in [1.165, 1.54) is 0 Å². The molecule has 2 fully saturated rings. The van der Waals surface area contributed by atoms with Crippen LogP contribution in [0.15, 0.2) is 48.5 Å². The summed E-state index contributed by atoms with van der Waals surface area (Å²) >= 11 is 0. The molecule has 6 heterocycles. The van der Waals surface area contributed by atoms with Gasteiger partial charge in [-0.15, -0.1) is 0 Å². The van der Waals surface area contributed by atoms with Gasteiger partial charge in [-0.3, -0.25) is 29.0 Å². The highest BCUT2D eigenvalue weighted by Crippen LogP contribution is 2.34. The molecule has 2 aliphatic heterocycles. The largest absolute Gasteiger partial charge is 0.503 e. The van der Waals surface area contributed by atoms with Crippen molar-refractivity contribution in [1.29, 1.82) is 0 Å². The topological polar surface area (TPSA) is 365 Å². The molecule has 0 bridgehead atoms. The predicted molar refractivity (Wildman–Crippen MR) is 436 cm³/mol. The Morgan fingerprint density at radius 2 is 0.802 bits per heavy atom. The smallest absolute Gasteiger partial charge is 0.313 e. The van der Waals surface area contributed by atoms with Crippen LogP contribution >= 0.6 is 0 Å². The van der Waals surface area contributed by atoms with Crippen LogP contribution in [-0.4, -0.2) is 308 Å². The van der Waals surface area contributed by atoms with Crippen LogP contribution in [0.1, 0.15) is 76.9 Å². The van der Waals surface area contributed by atoms with Crippen LogP contribution in [0.4, 0.5) is 58.1 Å². The molecule has 10 rings (SSSR count). The number of hydrogen-bond acceptors (Lipinski definition) is 26. The number of nitrogen functional groups attached to an aromatic ring is 2. The number of nitrogens with zero attached hydrogens (tertiary/aromatic N) is 10. The zero-order valence-electron chi connectivity index (χ0n) is 69.0.